The van der Waals surface area contributed by atoms with Gasteiger partial charge in [-0.3, -0.25) is 4.99 Å². The van der Waals surface area contributed by atoms with Gasteiger partial charge >= 0.3 is 0 Å². The van der Waals surface area contributed by atoms with Crippen molar-refractivity contribution < 1.29 is 5.11 Å². The second-order valence-electron chi connectivity index (χ2n) is 6.39. The Hall–Kier alpha value is -1.15. The first-order valence-corrected chi connectivity index (χ1v) is 7.55. The summed E-state index contributed by atoms with van der Waals surface area (Å²) in [6.07, 6.45) is 9.95. The largest absolute Gasteiger partial charge is 0.394 e. The van der Waals surface area contributed by atoms with Crippen LogP contribution in [0.3, 0.4) is 0 Å². The fraction of sp³-hybridized carbons (Fsp3) is 0.611. The number of aliphatic hydroxyl groups excluding tert-OH is 1. The molecule has 1 N–H and O–H groups in total. The van der Waals surface area contributed by atoms with Crippen molar-refractivity contribution in [1.29, 1.82) is 0 Å². The third-order valence-corrected chi connectivity index (χ3v) is 4.18. The molecule has 0 saturated heterocycles. The highest BCUT2D eigenvalue weighted by Gasteiger charge is 2.26. The molecule has 0 aromatic heterocycles. The zero-order valence-corrected chi connectivity index (χ0v) is 13.7. The van der Waals surface area contributed by atoms with E-state index >= 15 is 0 Å². The molecule has 112 valence electrons. The monoisotopic (exact) mass is 275 g/mol. The Morgan fingerprint density at radius 2 is 2.00 bits per heavy atom. The van der Waals surface area contributed by atoms with Gasteiger partial charge in [0.1, 0.15) is 0 Å². The Kier molecular flexibility index (Phi) is 6.41. The molecule has 0 spiro atoms. The summed E-state index contributed by atoms with van der Waals surface area (Å²) in [6.45, 7) is 11.8. The van der Waals surface area contributed by atoms with Gasteiger partial charge in [0.25, 0.3) is 0 Å². The molecule has 0 atom stereocenters. The number of hydrogen-bond acceptors (Lipinski definition) is 2. The van der Waals surface area contributed by atoms with Crippen molar-refractivity contribution in [2.45, 2.75) is 53.9 Å². The van der Waals surface area contributed by atoms with Gasteiger partial charge in [0, 0.05) is 6.21 Å². The van der Waals surface area contributed by atoms with E-state index in [4.69, 9.17) is 5.11 Å². The van der Waals surface area contributed by atoms with E-state index in [1.165, 1.54) is 41.6 Å². The van der Waals surface area contributed by atoms with Crippen molar-refractivity contribution in [3.63, 3.8) is 0 Å². The van der Waals surface area contributed by atoms with Gasteiger partial charge in [0.2, 0.25) is 0 Å². The van der Waals surface area contributed by atoms with Gasteiger partial charge in [-0.15, -0.1) is 0 Å². The highest BCUT2D eigenvalue weighted by atomic mass is 16.3. The van der Waals surface area contributed by atoms with Gasteiger partial charge in [-0.05, 0) is 68.2 Å². The molecule has 0 bridgehead atoms. The number of rotatable bonds is 5. The van der Waals surface area contributed by atoms with Gasteiger partial charge < -0.3 is 5.11 Å². The number of aliphatic imine (C=N–C) groups is 1. The lowest BCUT2D eigenvalue weighted by Gasteiger charge is -2.33. The maximum absolute atomic E-state index is 8.69. The first-order chi connectivity index (χ1) is 9.38. The molecule has 1 aliphatic carbocycles. The lowest BCUT2D eigenvalue weighted by atomic mass is 9.72. The minimum Gasteiger partial charge on any atom is -0.394 e. The van der Waals surface area contributed by atoms with Gasteiger partial charge in [-0.1, -0.05) is 25.5 Å². The third-order valence-electron chi connectivity index (χ3n) is 4.18. The standard InChI is InChI=1S/C18H29NO/c1-14(8-10-19-11-12-20)16(3)13-17-15(2)7-6-9-18(17,4)5/h8,10,13,20H,6-7,9,11-12H2,1-5H3. The van der Waals surface area contributed by atoms with Gasteiger partial charge in [0.15, 0.2) is 0 Å². The van der Waals surface area contributed by atoms with Crippen LogP contribution in [0.2, 0.25) is 0 Å². The zero-order valence-electron chi connectivity index (χ0n) is 13.7. The summed E-state index contributed by atoms with van der Waals surface area (Å²) in [5, 5.41) is 8.69. The smallest absolute Gasteiger partial charge is 0.0626 e. The molecule has 20 heavy (non-hydrogen) atoms. The maximum atomic E-state index is 8.69. The first-order valence-electron chi connectivity index (χ1n) is 7.55. The predicted octanol–water partition coefficient (Wildman–Crippen LogP) is 4.47. The van der Waals surface area contributed by atoms with Crippen molar-refractivity contribution in [1.82, 2.24) is 0 Å². The highest BCUT2D eigenvalue weighted by Crippen LogP contribution is 2.41. The number of allylic oxidation sites excluding steroid dienone is 6. The Balaban J connectivity index is 2.92. The maximum Gasteiger partial charge on any atom is 0.0626 e. The summed E-state index contributed by atoms with van der Waals surface area (Å²) < 4.78 is 0. The topological polar surface area (TPSA) is 32.6 Å². The van der Waals surface area contributed by atoms with Gasteiger partial charge in [-0.2, -0.15) is 0 Å². The molecule has 0 aliphatic heterocycles. The zero-order chi connectivity index (χ0) is 15.2. The van der Waals surface area contributed by atoms with E-state index < -0.39 is 0 Å². The molecule has 2 nitrogen and oxygen atoms in total. The Morgan fingerprint density at radius 1 is 1.30 bits per heavy atom. The Labute approximate surface area is 124 Å². The van der Waals surface area contributed by atoms with Crippen LogP contribution < -0.4 is 0 Å². The number of aliphatic hydroxyl groups is 1. The minimum atomic E-state index is 0.110. The van der Waals surface area contributed by atoms with Crippen molar-refractivity contribution >= 4 is 6.21 Å². The summed E-state index contributed by atoms with van der Waals surface area (Å²) in [5.74, 6) is 0. The molecule has 0 heterocycles. The summed E-state index contributed by atoms with van der Waals surface area (Å²) in [5.41, 5.74) is 5.84. The normalized spacial score (nSPS) is 20.9. The first kappa shape index (κ1) is 16.9. The molecule has 0 unspecified atom stereocenters. The lowest BCUT2D eigenvalue weighted by Crippen LogP contribution is -2.19. The molecule has 2 heteroatoms. The highest BCUT2D eigenvalue weighted by molar-refractivity contribution is 5.73. The second-order valence-corrected chi connectivity index (χ2v) is 6.39. The average Bonchev–Trinajstić information content (AvgIpc) is 2.38. The van der Waals surface area contributed by atoms with Crippen LogP contribution in [-0.2, 0) is 0 Å². The lowest BCUT2D eigenvalue weighted by molar-refractivity contribution is 0.307. The molecule has 0 fully saturated rings. The summed E-state index contributed by atoms with van der Waals surface area (Å²) in [7, 11) is 0. The average molecular weight is 275 g/mol. The van der Waals surface area contributed by atoms with Crippen LogP contribution in [0.25, 0.3) is 0 Å². The number of hydrogen-bond donors (Lipinski definition) is 1. The van der Waals surface area contributed by atoms with Crippen LogP contribution in [0.4, 0.5) is 0 Å². The third kappa shape index (κ3) is 4.75. The summed E-state index contributed by atoms with van der Waals surface area (Å²) >= 11 is 0. The minimum absolute atomic E-state index is 0.110. The van der Waals surface area contributed by atoms with E-state index in [0.29, 0.717) is 6.54 Å². The molecule has 0 aromatic carbocycles. The van der Waals surface area contributed by atoms with Crippen molar-refractivity contribution in [3.8, 4) is 0 Å². The van der Waals surface area contributed by atoms with Crippen LogP contribution in [0, 0.1) is 5.41 Å². The van der Waals surface area contributed by atoms with Crippen molar-refractivity contribution in [3.05, 3.63) is 34.4 Å². The van der Waals surface area contributed by atoms with Gasteiger partial charge in [0.05, 0.1) is 13.2 Å². The van der Waals surface area contributed by atoms with Crippen LogP contribution >= 0.6 is 0 Å². The molecular weight excluding hydrogens is 246 g/mol. The summed E-state index contributed by atoms with van der Waals surface area (Å²) in [4.78, 5) is 4.11. The molecular formula is C18H29NO. The Bertz CT molecular complexity index is 450. The van der Waals surface area contributed by atoms with Crippen molar-refractivity contribution in [2.75, 3.05) is 13.2 Å². The van der Waals surface area contributed by atoms with E-state index in [-0.39, 0.29) is 12.0 Å². The quantitative estimate of drug-likeness (QED) is 0.583. The molecule has 1 rings (SSSR count). The van der Waals surface area contributed by atoms with E-state index in [1.54, 1.807) is 6.21 Å². The van der Waals surface area contributed by atoms with E-state index in [9.17, 15) is 0 Å². The molecule has 0 radical (unpaired) electrons. The summed E-state index contributed by atoms with van der Waals surface area (Å²) in [6, 6.07) is 0. The SMILES string of the molecule is CC(=CC=NCCO)C(C)=CC1=C(C)CCCC1(C)C. The van der Waals surface area contributed by atoms with Crippen LogP contribution in [0.15, 0.2) is 39.4 Å². The molecule has 0 aromatic rings. The van der Waals surface area contributed by atoms with Crippen molar-refractivity contribution in [2.24, 2.45) is 10.4 Å². The van der Waals surface area contributed by atoms with Crippen LogP contribution in [-0.4, -0.2) is 24.5 Å². The second kappa shape index (κ2) is 7.58. The fourth-order valence-corrected chi connectivity index (χ4v) is 2.72. The van der Waals surface area contributed by atoms with E-state index in [2.05, 4.69) is 45.7 Å². The van der Waals surface area contributed by atoms with E-state index in [1.807, 2.05) is 6.08 Å². The Morgan fingerprint density at radius 3 is 2.60 bits per heavy atom. The molecule has 0 amide bonds. The number of nitrogens with zero attached hydrogens (tertiary/aromatic N) is 1. The van der Waals surface area contributed by atoms with E-state index in [0.717, 1.165) is 0 Å². The van der Waals surface area contributed by atoms with Crippen LogP contribution in [0.1, 0.15) is 53.9 Å². The van der Waals surface area contributed by atoms with Crippen LogP contribution in [0.5, 0.6) is 0 Å². The fourth-order valence-electron chi connectivity index (χ4n) is 2.72. The predicted molar refractivity (Wildman–Crippen MR) is 88.3 cm³/mol. The molecule has 0 saturated carbocycles. The molecule has 1 aliphatic rings. The van der Waals surface area contributed by atoms with Gasteiger partial charge in [-0.25, -0.2) is 0 Å².